The van der Waals surface area contributed by atoms with Crippen LogP contribution < -0.4 is 0 Å². The summed E-state index contributed by atoms with van der Waals surface area (Å²) in [5, 5.41) is 0. The predicted molar refractivity (Wildman–Crippen MR) is 103 cm³/mol. The van der Waals surface area contributed by atoms with Crippen LogP contribution in [0.3, 0.4) is 0 Å². The topological polar surface area (TPSA) is 26.3 Å². The summed E-state index contributed by atoms with van der Waals surface area (Å²) in [6, 6.07) is 0. The van der Waals surface area contributed by atoms with Crippen molar-refractivity contribution in [3.8, 4) is 0 Å². The summed E-state index contributed by atoms with van der Waals surface area (Å²) in [6.07, 6.45) is 19.8. The summed E-state index contributed by atoms with van der Waals surface area (Å²) >= 11 is 0. The molecule has 144 valence electrons. The van der Waals surface area contributed by atoms with Crippen LogP contribution in [0.5, 0.6) is 0 Å². The summed E-state index contributed by atoms with van der Waals surface area (Å²) in [7, 11) is 0. The van der Waals surface area contributed by atoms with Gasteiger partial charge in [0, 0.05) is 6.92 Å². The Kier molecular flexibility index (Phi) is 7.25. The first kappa shape index (κ1) is 19.2. The molecule has 0 aromatic rings. The Hall–Kier alpha value is -0.530. The van der Waals surface area contributed by atoms with Gasteiger partial charge in [0.15, 0.2) is 0 Å². The van der Waals surface area contributed by atoms with Gasteiger partial charge in [-0.05, 0) is 93.8 Å². The summed E-state index contributed by atoms with van der Waals surface area (Å²) < 4.78 is 5.52. The van der Waals surface area contributed by atoms with Gasteiger partial charge in [-0.1, -0.05) is 32.6 Å². The quantitative estimate of drug-likeness (QED) is 0.529. The van der Waals surface area contributed by atoms with Gasteiger partial charge in [0.1, 0.15) is 6.10 Å². The van der Waals surface area contributed by atoms with E-state index in [2.05, 4.69) is 6.92 Å². The molecule has 0 amide bonds. The van der Waals surface area contributed by atoms with Crippen molar-refractivity contribution in [2.75, 3.05) is 0 Å². The van der Waals surface area contributed by atoms with Crippen molar-refractivity contribution < 1.29 is 9.53 Å². The average Bonchev–Trinajstić information content (AvgIpc) is 2.63. The van der Waals surface area contributed by atoms with Crippen LogP contribution in [0.15, 0.2) is 0 Å². The Morgan fingerprint density at radius 1 is 0.800 bits per heavy atom. The van der Waals surface area contributed by atoms with Crippen LogP contribution in [0.4, 0.5) is 0 Å². The second-order valence-electron chi connectivity index (χ2n) is 9.40. The standard InChI is InChI=1S/C23H40O2/c1-3-5-18-8-10-19(11-9-18)20-12-14-21(15-13-20)22-6-4-7-23(16-22)25-17(2)24/h18-23H,3-16H2,1-2H3/t18?,19?,20?,21?,22-,23+/m0/s1. The van der Waals surface area contributed by atoms with Gasteiger partial charge in [0.25, 0.3) is 0 Å². The van der Waals surface area contributed by atoms with E-state index in [0.717, 1.165) is 42.4 Å². The van der Waals surface area contributed by atoms with Crippen LogP contribution in [0, 0.1) is 29.6 Å². The molecule has 0 unspecified atom stereocenters. The zero-order valence-corrected chi connectivity index (χ0v) is 16.7. The highest BCUT2D eigenvalue weighted by Crippen LogP contribution is 2.45. The van der Waals surface area contributed by atoms with E-state index < -0.39 is 0 Å². The molecule has 25 heavy (non-hydrogen) atoms. The molecule has 3 fully saturated rings. The van der Waals surface area contributed by atoms with E-state index in [0.29, 0.717) is 0 Å². The summed E-state index contributed by atoms with van der Waals surface area (Å²) in [4.78, 5) is 11.3. The maximum absolute atomic E-state index is 11.3. The number of hydrogen-bond donors (Lipinski definition) is 0. The number of hydrogen-bond acceptors (Lipinski definition) is 2. The molecule has 0 aliphatic heterocycles. The lowest BCUT2D eigenvalue weighted by atomic mass is 9.65. The first-order chi connectivity index (χ1) is 12.2. The summed E-state index contributed by atoms with van der Waals surface area (Å²) in [6.45, 7) is 3.90. The van der Waals surface area contributed by atoms with Crippen LogP contribution in [-0.4, -0.2) is 12.1 Å². The maximum Gasteiger partial charge on any atom is 0.302 e. The van der Waals surface area contributed by atoms with Gasteiger partial charge in [0.05, 0.1) is 0 Å². The van der Waals surface area contributed by atoms with E-state index in [9.17, 15) is 4.79 Å². The Morgan fingerprint density at radius 2 is 1.36 bits per heavy atom. The SMILES string of the molecule is CCCC1CCC(C2CCC([C@H]3CCC[C@@H](OC(C)=O)C3)CC2)CC1. The van der Waals surface area contributed by atoms with E-state index in [-0.39, 0.29) is 12.1 Å². The number of esters is 1. The smallest absolute Gasteiger partial charge is 0.302 e. The van der Waals surface area contributed by atoms with Gasteiger partial charge >= 0.3 is 5.97 Å². The normalized spacial score (nSPS) is 39.8. The number of carbonyl (C=O) groups is 1. The predicted octanol–water partition coefficient (Wildman–Crippen LogP) is 6.52. The van der Waals surface area contributed by atoms with Crippen molar-refractivity contribution >= 4 is 5.97 Å². The second kappa shape index (κ2) is 9.42. The first-order valence-electron chi connectivity index (χ1n) is 11.3. The van der Waals surface area contributed by atoms with Gasteiger partial charge in [-0.2, -0.15) is 0 Å². The lowest BCUT2D eigenvalue weighted by Crippen LogP contribution is -2.32. The highest BCUT2D eigenvalue weighted by molar-refractivity contribution is 5.66. The van der Waals surface area contributed by atoms with Crippen LogP contribution >= 0.6 is 0 Å². The fraction of sp³-hybridized carbons (Fsp3) is 0.957. The highest BCUT2D eigenvalue weighted by atomic mass is 16.5. The third-order valence-corrected chi connectivity index (χ3v) is 7.74. The van der Waals surface area contributed by atoms with Crippen LogP contribution in [0.2, 0.25) is 0 Å². The van der Waals surface area contributed by atoms with Crippen molar-refractivity contribution in [2.45, 2.75) is 110 Å². The molecule has 0 N–H and O–H groups in total. The molecule has 0 radical (unpaired) electrons. The van der Waals surface area contributed by atoms with E-state index in [1.54, 1.807) is 6.92 Å². The zero-order chi connectivity index (χ0) is 17.6. The van der Waals surface area contributed by atoms with Crippen molar-refractivity contribution in [3.05, 3.63) is 0 Å². The molecule has 3 aliphatic rings. The van der Waals surface area contributed by atoms with Crippen LogP contribution in [-0.2, 0) is 9.53 Å². The zero-order valence-electron chi connectivity index (χ0n) is 16.7. The van der Waals surface area contributed by atoms with E-state index in [4.69, 9.17) is 4.74 Å². The van der Waals surface area contributed by atoms with Gasteiger partial charge in [0.2, 0.25) is 0 Å². The lowest BCUT2D eigenvalue weighted by Gasteiger charge is -2.41. The fourth-order valence-corrected chi connectivity index (χ4v) is 6.40. The van der Waals surface area contributed by atoms with Crippen molar-refractivity contribution in [2.24, 2.45) is 29.6 Å². The molecule has 0 aromatic carbocycles. The lowest BCUT2D eigenvalue weighted by molar-refractivity contribution is -0.149. The molecule has 3 aliphatic carbocycles. The molecule has 0 aromatic heterocycles. The molecule has 2 nitrogen and oxygen atoms in total. The number of carbonyl (C=O) groups excluding carboxylic acids is 1. The van der Waals surface area contributed by atoms with E-state index >= 15 is 0 Å². The Morgan fingerprint density at radius 3 is 1.92 bits per heavy atom. The molecule has 0 spiro atoms. The average molecular weight is 349 g/mol. The third-order valence-electron chi connectivity index (χ3n) is 7.74. The molecular weight excluding hydrogens is 308 g/mol. The Balaban J connectivity index is 1.40. The molecule has 0 saturated heterocycles. The van der Waals surface area contributed by atoms with Gasteiger partial charge < -0.3 is 4.74 Å². The van der Waals surface area contributed by atoms with Crippen molar-refractivity contribution in [1.29, 1.82) is 0 Å². The number of rotatable bonds is 5. The minimum Gasteiger partial charge on any atom is -0.463 e. The minimum atomic E-state index is -0.0898. The second-order valence-corrected chi connectivity index (χ2v) is 9.40. The maximum atomic E-state index is 11.3. The minimum absolute atomic E-state index is 0.0898. The van der Waals surface area contributed by atoms with E-state index in [1.165, 1.54) is 77.0 Å². The van der Waals surface area contributed by atoms with Gasteiger partial charge in [-0.25, -0.2) is 0 Å². The van der Waals surface area contributed by atoms with E-state index in [1.807, 2.05) is 0 Å². The third kappa shape index (κ3) is 5.47. The fourth-order valence-electron chi connectivity index (χ4n) is 6.40. The largest absolute Gasteiger partial charge is 0.463 e. The number of ether oxygens (including phenoxy) is 1. The van der Waals surface area contributed by atoms with Crippen LogP contribution in [0.25, 0.3) is 0 Å². The van der Waals surface area contributed by atoms with Gasteiger partial charge in [-0.3, -0.25) is 4.79 Å². The molecular formula is C23H40O2. The molecule has 2 heteroatoms. The highest BCUT2D eigenvalue weighted by Gasteiger charge is 2.35. The molecule has 0 heterocycles. The molecule has 3 rings (SSSR count). The first-order valence-corrected chi connectivity index (χ1v) is 11.3. The molecule has 2 atom stereocenters. The van der Waals surface area contributed by atoms with Crippen molar-refractivity contribution in [1.82, 2.24) is 0 Å². The van der Waals surface area contributed by atoms with Gasteiger partial charge in [-0.15, -0.1) is 0 Å². The molecule has 3 saturated carbocycles. The summed E-state index contributed by atoms with van der Waals surface area (Å²) in [5.41, 5.74) is 0. The van der Waals surface area contributed by atoms with Crippen LogP contribution in [0.1, 0.15) is 104 Å². The summed E-state index contributed by atoms with van der Waals surface area (Å²) in [5.74, 6) is 4.73. The Bertz CT molecular complexity index is 402. The van der Waals surface area contributed by atoms with Crippen molar-refractivity contribution in [3.63, 3.8) is 0 Å². The monoisotopic (exact) mass is 348 g/mol. The molecule has 0 bridgehead atoms. The Labute approximate surface area is 155 Å².